The first-order valence-corrected chi connectivity index (χ1v) is 14.5. The second-order valence-electron chi connectivity index (χ2n) is 10.8. The molecule has 0 spiro atoms. The monoisotopic (exact) mass is 543 g/mol. The molecule has 0 aliphatic rings. The molecule has 0 aliphatic heterocycles. The molecule has 2 heterocycles. The SMILES string of the molecule is CCc1c(N=C(C)n2c(-n3c(C)nc4ccc5ccccc5c43)nc3ccc4ccccc4c32)ccc2ccccc12. The summed E-state index contributed by atoms with van der Waals surface area (Å²) in [5, 5.41) is 7.12. The zero-order valence-corrected chi connectivity index (χ0v) is 23.8. The van der Waals surface area contributed by atoms with Crippen LogP contribution in [0.4, 0.5) is 5.69 Å². The Bertz CT molecular complexity index is 2370. The van der Waals surface area contributed by atoms with Gasteiger partial charge in [0, 0.05) is 10.8 Å². The standard InChI is InChI=1S/C37H29N5/c1-4-28-29-14-8-5-11-25(29)17-20-32(28)38-23(2)41-36-31-16-10-7-13-27(31)19-22-34(36)40-37(41)42-24(3)39-33-21-18-26-12-6-9-15-30(26)35(33)42/h5-22H,4H2,1-3H3. The zero-order valence-electron chi connectivity index (χ0n) is 23.8. The number of aliphatic imine (C=N–C) groups is 1. The molecule has 0 fully saturated rings. The minimum Gasteiger partial charge on any atom is -0.265 e. The first-order chi connectivity index (χ1) is 20.6. The topological polar surface area (TPSA) is 48.0 Å². The second kappa shape index (κ2) is 9.38. The highest BCUT2D eigenvalue weighted by molar-refractivity contribution is 6.11. The van der Waals surface area contributed by atoms with Crippen LogP contribution in [0.15, 0.2) is 114 Å². The third kappa shape index (κ3) is 3.60. The molecule has 42 heavy (non-hydrogen) atoms. The van der Waals surface area contributed by atoms with E-state index in [1.54, 1.807) is 0 Å². The quantitative estimate of drug-likeness (QED) is 0.165. The van der Waals surface area contributed by atoms with Gasteiger partial charge in [0.05, 0.1) is 27.8 Å². The number of imidazole rings is 2. The number of aryl methyl sites for hydroxylation is 2. The molecule has 5 heteroatoms. The highest BCUT2D eigenvalue weighted by Crippen LogP contribution is 2.34. The number of rotatable bonds is 3. The van der Waals surface area contributed by atoms with Crippen molar-refractivity contribution in [3.8, 4) is 5.95 Å². The van der Waals surface area contributed by atoms with Crippen molar-refractivity contribution in [2.75, 3.05) is 0 Å². The lowest BCUT2D eigenvalue weighted by Crippen LogP contribution is -2.14. The van der Waals surface area contributed by atoms with Crippen LogP contribution in [0.1, 0.15) is 25.2 Å². The molecule has 0 aliphatic carbocycles. The van der Waals surface area contributed by atoms with E-state index in [0.29, 0.717) is 0 Å². The van der Waals surface area contributed by atoms with Crippen molar-refractivity contribution in [1.82, 2.24) is 19.1 Å². The maximum Gasteiger partial charge on any atom is 0.222 e. The average Bonchev–Trinajstić information content (AvgIpc) is 3.58. The Morgan fingerprint density at radius 1 is 0.643 bits per heavy atom. The van der Waals surface area contributed by atoms with E-state index in [2.05, 4.69) is 139 Å². The Morgan fingerprint density at radius 3 is 1.86 bits per heavy atom. The van der Waals surface area contributed by atoms with E-state index in [4.69, 9.17) is 15.0 Å². The van der Waals surface area contributed by atoms with Gasteiger partial charge in [-0.15, -0.1) is 0 Å². The maximum atomic E-state index is 5.33. The van der Waals surface area contributed by atoms with Gasteiger partial charge in [0.25, 0.3) is 0 Å². The van der Waals surface area contributed by atoms with E-state index in [1.807, 2.05) is 0 Å². The Kier molecular flexibility index (Phi) is 5.47. The molecule has 8 aromatic rings. The summed E-state index contributed by atoms with van der Waals surface area (Å²) < 4.78 is 4.43. The molecule has 0 atom stereocenters. The first-order valence-electron chi connectivity index (χ1n) is 14.5. The van der Waals surface area contributed by atoms with Crippen LogP contribution in [-0.4, -0.2) is 24.9 Å². The number of hydrogen-bond acceptors (Lipinski definition) is 3. The summed E-state index contributed by atoms with van der Waals surface area (Å²) in [4.78, 5) is 15.6. The predicted molar refractivity (Wildman–Crippen MR) is 176 cm³/mol. The highest BCUT2D eigenvalue weighted by atomic mass is 15.3. The summed E-state index contributed by atoms with van der Waals surface area (Å²) in [5.41, 5.74) is 6.21. The van der Waals surface area contributed by atoms with Gasteiger partial charge in [-0.05, 0) is 65.6 Å². The van der Waals surface area contributed by atoms with Gasteiger partial charge < -0.3 is 0 Å². The highest BCUT2D eigenvalue weighted by Gasteiger charge is 2.22. The lowest BCUT2D eigenvalue weighted by atomic mass is 10.0. The lowest BCUT2D eigenvalue weighted by Gasteiger charge is -2.14. The summed E-state index contributed by atoms with van der Waals surface area (Å²) in [6, 6.07) is 38.4. The Hall–Kier alpha value is -5.29. The van der Waals surface area contributed by atoms with Crippen molar-refractivity contribution in [2.45, 2.75) is 27.2 Å². The number of hydrogen-bond donors (Lipinski definition) is 0. The molecule has 0 saturated carbocycles. The molecular weight excluding hydrogens is 514 g/mol. The summed E-state index contributed by atoms with van der Waals surface area (Å²) >= 11 is 0. The van der Waals surface area contributed by atoms with Gasteiger partial charge in [0.2, 0.25) is 5.95 Å². The van der Waals surface area contributed by atoms with Gasteiger partial charge in [-0.1, -0.05) is 97.9 Å². The molecule has 5 nitrogen and oxygen atoms in total. The molecule has 0 unspecified atom stereocenters. The van der Waals surface area contributed by atoms with E-state index in [1.165, 1.54) is 27.1 Å². The Labute approximate surface area is 243 Å². The lowest BCUT2D eigenvalue weighted by molar-refractivity contribution is 0.903. The van der Waals surface area contributed by atoms with Gasteiger partial charge in [0.15, 0.2) is 0 Å². The fourth-order valence-electron chi connectivity index (χ4n) is 6.51. The van der Waals surface area contributed by atoms with Crippen LogP contribution in [0.25, 0.3) is 60.3 Å². The average molecular weight is 544 g/mol. The molecule has 0 amide bonds. The van der Waals surface area contributed by atoms with E-state index in [-0.39, 0.29) is 0 Å². The van der Waals surface area contributed by atoms with Crippen LogP contribution < -0.4 is 0 Å². The molecular formula is C37H29N5. The minimum atomic E-state index is 0.790. The molecule has 0 radical (unpaired) electrons. The van der Waals surface area contributed by atoms with Gasteiger partial charge in [0.1, 0.15) is 11.7 Å². The third-order valence-corrected chi connectivity index (χ3v) is 8.41. The van der Waals surface area contributed by atoms with Crippen molar-refractivity contribution in [3.63, 3.8) is 0 Å². The van der Waals surface area contributed by atoms with Crippen molar-refractivity contribution < 1.29 is 0 Å². The zero-order chi connectivity index (χ0) is 28.4. The smallest absolute Gasteiger partial charge is 0.222 e. The van der Waals surface area contributed by atoms with Crippen LogP contribution in [0.3, 0.4) is 0 Å². The van der Waals surface area contributed by atoms with Crippen LogP contribution in [0.5, 0.6) is 0 Å². The van der Waals surface area contributed by atoms with E-state index in [0.717, 1.165) is 62.6 Å². The van der Waals surface area contributed by atoms with Crippen molar-refractivity contribution in [1.29, 1.82) is 0 Å². The molecule has 8 rings (SSSR count). The van der Waals surface area contributed by atoms with E-state index >= 15 is 0 Å². The summed E-state index contributed by atoms with van der Waals surface area (Å²) in [6.07, 6.45) is 0.894. The van der Waals surface area contributed by atoms with Crippen molar-refractivity contribution in [3.05, 3.63) is 121 Å². The Morgan fingerprint density at radius 2 is 1.19 bits per heavy atom. The number of fused-ring (bicyclic) bond motifs is 7. The van der Waals surface area contributed by atoms with Crippen molar-refractivity contribution in [2.24, 2.45) is 4.99 Å². The molecule has 0 bridgehead atoms. The van der Waals surface area contributed by atoms with E-state index in [9.17, 15) is 0 Å². The van der Waals surface area contributed by atoms with Crippen LogP contribution >= 0.6 is 0 Å². The Balaban J connectivity index is 1.49. The van der Waals surface area contributed by atoms with Gasteiger partial charge in [-0.2, -0.15) is 0 Å². The molecule has 2 aromatic heterocycles. The largest absolute Gasteiger partial charge is 0.265 e. The second-order valence-corrected chi connectivity index (χ2v) is 10.8. The molecule has 0 N–H and O–H groups in total. The fraction of sp³-hybridized carbons (Fsp3) is 0.108. The summed E-state index contributed by atoms with van der Waals surface area (Å²) in [6.45, 7) is 6.35. The fourth-order valence-corrected chi connectivity index (χ4v) is 6.51. The normalized spacial score (nSPS) is 12.4. The van der Waals surface area contributed by atoms with Gasteiger partial charge in [-0.25, -0.2) is 15.0 Å². The summed E-state index contributed by atoms with van der Waals surface area (Å²) in [7, 11) is 0. The van der Waals surface area contributed by atoms with Crippen LogP contribution in [0.2, 0.25) is 0 Å². The predicted octanol–water partition coefficient (Wildman–Crippen LogP) is 9.30. The van der Waals surface area contributed by atoms with Gasteiger partial charge in [-0.3, -0.25) is 9.13 Å². The number of nitrogens with zero attached hydrogens (tertiary/aromatic N) is 5. The number of aromatic nitrogens is 4. The molecule has 202 valence electrons. The summed E-state index contributed by atoms with van der Waals surface area (Å²) in [5.74, 6) is 2.53. The maximum absolute atomic E-state index is 5.33. The van der Waals surface area contributed by atoms with Crippen LogP contribution in [0, 0.1) is 6.92 Å². The third-order valence-electron chi connectivity index (χ3n) is 8.41. The van der Waals surface area contributed by atoms with Crippen LogP contribution in [-0.2, 0) is 6.42 Å². The van der Waals surface area contributed by atoms with Crippen molar-refractivity contribution >= 4 is 65.9 Å². The number of benzene rings is 6. The molecule has 0 saturated heterocycles. The van der Waals surface area contributed by atoms with Gasteiger partial charge >= 0.3 is 0 Å². The van der Waals surface area contributed by atoms with E-state index < -0.39 is 0 Å². The molecule has 6 aromatic carbocycles. The first kappa shape index (κ1) is 24.5. The minimum absolute atomic E-state index is 0.790.